The molecule has 6 nitrogen and oxygen atoms in total. The van der Waals surface area contributed by atoms with E-state index in [4.69, 9.17) is 0 Å². The summed E-state index contributed by atoms with van der Waals surface area (Å²) in [6.45, 7) is 4.83. The highest BCUT2D eigenvalue weighted by molar-refractivity contribution is 7.99. The van der Waals surface area contributed by atoms with E-state index >= 15 is 0 Å². The van der Waals surface area contributed by atoms with Gasteiger partial charge in [0.05, 0.1) is 6.04 Å². The minimum absolute atomic E-state index is 0.117. The molecule has 1 aromatic carbocycles. The van der Waals surface area contributed by atoms with Crippen LogP contribution >= 0.6 is 11.8 Å². The summed E-state index contributed by atoms with van der Waals surface area (Å²) < 4.78 is 24.7. The van der Waals surface area contributed by atoms with Gasteiger partial charge in [-0.1, -0.05) is 11.8 Å². The molecule has 1 fully saturated rings. The molecule has 0 unspecified atom stereocenters. The molecule has 144 valence electrons. The number of anilines is 2. The molecule has 0 aliphatic carbocycles. The summed E-state index contributed by atoms with van der Waals surface area (Å²) in [7, 11) is 0. The van der Waals surface area contributed by atoms with Crippen LogP contribution in [0.15, 0.2) is 47.6 Å². The van der Waals surface area contributed by atoms with Crippen LogP contribution in [0.3, 0.4) is 0 Å². The number of hydrogen-bond acceptors (Lipinski definition) is 6. The van der Waals surface area contributed by atoms with E-state index in [0.29, 0.717) is 28.3 Å². The van der Waals surface area contributed by atoms with Gasteiger partial charge in [-0.25, -0.2) is 9.97 Å². The number of rotatable bonds is 6. The second kappa shape index (κ2) is 9.09. The smallest absolute Gasteiger partial charge is 0.288 e. The van der Waals surface area contributed by atoms with Crippen molar-refractivity contribution in [3.05, 3.63) is 42.7 Å². The van der Waals surface area contributed by atoms with Crippen molar-refractivity contribution < 1.29 is 13.6 Å². The van der Waals surface area contributed by atoms with Gasteiger partial charge >= 0.3 is 0 Å². The van der Waals surface area contributed by atoms with Crippen molar-refractivity contribution >= 4 is 29.3 Å². The highest BCUT2D eigenvalue weighted by Crippen LogP contribution is 2.26. The molecule has 1 saturated heterocycles. The number of amides is 1. The fraction of sp³-hybridized carbons (Fsp3) is 0.389. The molecule has 1 amide bonds. The van der Waals surface area contributed by atoms with Crippen molar-refractivity contribution in [1.29, 1.82) is 0 Å². The van der Waals surface area contributed by atoms with Crippen LogP contribution in [0, 0.1) is 0 Å². The first-order valence-corrected chi connectivity index (χ1v) is 9.52. The van der Waals surface area contributed by atoms with Gasteiger partial charge in [-0.2, -0.15) is 8.78 Å². The Morgan fingerprint density at radius 2 is 1.74 bits per heavy atom. The lowest BCUT2D eigenvalue weighted by Crippen LogP contribution is -2.53. The molecular formula is C18H21F2N5OS. The molecule has 0 bridgehead atoms. The van der Waals surface area contributed by atoms with Crippen LogP contribution in [0.1, 0.15) is 6.92 Å². The average molecular weight is 393 g/mol. The second-order valence-electron chi connectivity index (χ2n) is 6.14. The number of benzene rings is 1. The predicted octanol–water partition coefficient (Wildman–Crippen LogP) is 2.94. The fourth-order valence-electron chi connectivity index (χ4n) is 2.90. The Labute approximate surface area is 161 Å². The lowest BCUT2D eigenvalue weighted by Gasteiger charge is -2.37. The molecule has 27 heavy (non-hydrogen) atoms. The maximum absolute atomic E-state index is 12.5. The minimum atomic E-state index is -2.45. The molecular weight excluding hydrogens is 372 g/mol. The molecule has 9 heteroatoms. The molecule has 1 atom stereocenters. The number of carbonyl (C=O) groups excluding carboxylic acids is 1. The standard InChI is InChI=1S/C18H21F2N5OS/c1-13(16(26)23-14-3-5-15(6-4-14)27-17(19)20)24-9-11-25(12-10-24)18-21-7-2-8-22-18/h2-8,13,17H,9-12H2,1H3,(H,23,26)/t13-/m1/s1. The Morgan fingerprint density at radius 1 is 1.11 bits per heavy atom. The maximum atomic E-state index is 12.5. The molecule has 1 aliphatic heterocycles. The van der Waals surface area contributed by atoms with Gasteiger partial charge in [-0.3, -0.25) is 9.69 Å². The molecule has 1 N–H and O–H groups in total. The van der Waals surface area contributed by atoms with E-state index in [9.17, 15) is 13.6 Å². The molecule has 2 aromatic rings. The van der Waals surface area contributed by atoms with E-state index in [2.05, 4.69) is 25.1 Å². The third-order valence-electron chi connectivity index (χ3n) is 4.42. The number of nitrogens with zero attached hydrogens (tertiary/aromatic N) is 4. The average Bonchev–Trinajstić information content (AvgIpc) is 2.69. The number of nitrogens with one attached hydrogen (secondary N) is 1. The van der Waals surface area contributed by atoms with Crippen molar-refractivity contribution in [2.75, 3.05) is 36.4 Å². The summed E-state index contributed by atoms with van der Waals surface area (Å²) in [5.74, 6) is -1.87. The quantitative estimate of drug-likeness (QED) is 0.762. The van der Waals surface area contributed by atoms with Gasteiger partial charge in [0, 0.05) is 49.2 Å². The Kier molecular flexibility index (Phi) is 6.57. The summed E-state index contributed by atoms with van der Waals surface area (Å²) in [5, 5.41) is 2.85. The van der Waals surface area contributed by atoms with Gasteiger partial charge in [0.15, 0.2) is 0 Å². The van der Waals surface area contributed by atoms with Crippen LogP contribution in [0.4, 0.5) is 20.4 Å². The number of alkyl halides is 2. The van der Waals surface area contributed by atoms with E-state index in [-0.39, 0.29) is 11.9 Å². The number of halogens is 2. The Morgan fingerprint density at radius 3 is 2.33 bits per heavy atom. The van der Waals surface area contributed by atoms with E-state index in [1.165, 1.54) is 0 Å². The molecule has 0 saturated carbocycles. The van der Waals surface area contributed by atoms with Crippen LogP contribution in [0.5, 0.6) is 0 Å². The summed E-state index contributed by atoms with van der Waals surface area (Å²) >= 11 is 0.484. The number of piperazine rings is 1. The van der Waals surface area contributed by atoms with Crippen LogP contribution in [-0.2, 0) is 4.79 Å². The van der Waals surface area contributed by atoms with Crippen molar-refractivity contribution in [1.82, 2.24) is 14.9 Å². The summed E-state index contributed by atoms with van der Waals surface area (Å²) in [4.78, 5) is 25.7. The Balaban J connectivity index is 1.50. The van der Waals surface area contributed by atoms with E-state index in [0.717, 1.165) is 26.2 Å². The molecule has 1 aromatic heterocycles. The van der Waals surface area contributed by atoms with Gasteiger partial charge < -0.3 is 10.2 Å². The van der Waals surface area contributed by atoms with Crippen molar-refractivity contribution in [2.45, 2.75) is 23.6 Å². The second-order valence-corrected chi connectivity index (χ2v) is 7.20. The van der Waals surface area contributed by atoms with Crippen molar-refractivity contribution in [3.8, 4) is 0 Å². The van der Waals surface area contributed by atoms with Gasteiger partial charge in [-0.05, 0) is 37.3 Å². The summed E-state index contributed by atoms with van der Waals surface area (Å²) in [6.07, 6.45) is 3.44. The van der Waals surface area contributed by atoms with Crippen molar-refractivity contribution in [2.24, 2.45) is 0 Å². The predicted molar refractivity (Wildman–Crippen MR) is 102 cm³/mol. The summed E-state index contributed by atoms with van der Waals surface area (Å²) in [6, 6.07) is 7.93. The number of aromatic nitrogens is 2. The highest BCUT2D eigenvalue weighted by Gasteiger charge is 2.26. The zero-order valence-electron chi connectivity index (χ0n) is 14.9. The summed E-state index contributed by atoms with van der Waals surface area (Å²) in [5.41, 5.74) is 0.599. The van der Waals surface area contributed by atoms with Crippen LogP contribution < -0.4 is 10.2 Å². The fourth-order valence-corrected chi connectivity index (χ4v) is 3.39. The number of carbonyl (C=O) groups is 1. The first kappa shape index (κ1) is 19.5. The zero-order valence-corrected chi connectivity index (χ0v) is 15.7. The molecule has 0 radical (unpaired) electrons. The molecule has 2 heterocycles. The lowest BCUT2D eigenvalue weighted by molar-refractivity contribution is -0.120. The van der Waals surface area contributed by atoms with Gasteiger partial charge in [0.25, 0.3) is 5.76 Å². The number of hydrogen-bond donors (Lipinski definition) is 1. The molecule has 1 aliphatic rings. The zero-order chi connectivity index (χ0) is 19.2. The normalized spacial score (nSPS) is 16.4. The topological polar surface area (TPSA) is 61.4 Å². The molecule has 0 spiro atoms. The van der Waals surface area contributed by atoms with Crippen LogP contribution in [0.2, 0.25) is 0 Å². The Hall–Kier alpha value is -2.26. The van der Waals surface area contributed by atoms with E-state index < -0.39 is 5.76 Å². The minimum Gasteiger partial charge on any atom is -0.338 e. The van der Waals surface area contributed by atoms with Gasteiger partial charge in [0.1, 0.15) is 0 Å². The van der Waals surface area contributed by atoms with Gasteiger partial charge in [0.2, 0.25) is 11.9 Å². The van der Waals surface area contributed by atoms with E-state index in [1.807, 2.05) is 6.92 Å². The first-order valence-electron chi connectivity index (χ1n) is 8.64. The van der Waals surface area contributed by atoms with E-state index in [1.54, 1.807) is 42.7 Å². The van der Waals surface area contributed by atoms with Gasteiger partial charge in [-0.15, -0.1) is 0 Å². The first-order chi connectivity index (χ1) is 13.0. The lowest BCUT2D eigenvalue weighted by atomic mass is 10.2. The SMILES string of the molecule is C[C@H](C(=O)Nc1ccc(SC(F)F)cc1)N1CCN(c2ncccn2)CC1. The third kappa shape index (κ3) is 5.36. The molecule has 3 rings (SSSR count). The maximum Gasteiger partial charge on any atom is 0.288 e. The monoisotopic (exact) mass is 393 g/mol. The third-order valence-corrected chi connectivity index (χ3v) is 5.15. The Bertz CT molecular complexity index is 739. The highest BCUT2D eigenvalue weighted by atomic mass is 32.2. The largest absolute Gasteiger partial charge is 0.338 e. The van der Waals surface area contributed by atoms with Crippen LogP contribution in [0.25, 0.3) is 0 Å². The van der Waals surface area contributed by atoms with Crippen molar-refractivity contribution in [3.63, 3.8) is 0 Å². The number of thioether (sulfide) groups is 1. The van der Waals surface area contributed by atoms with Crippen LogP contribution in [-0.4, -0.2) is 58.8 Å².